The molecule has 6 rings (SSSR count). The molecule has 10 unspecified atom stereocenters. The smallest absolute Gasteiger partial charge is 0.310 e. The molecule has 10 nitrogen and oxygen atoms in total. The number of aliphatic hydroxyl groups excluding tert-OH is 4. The van der Waals surface area contributed by atoms with Crippen LogP contribution in [0.5, 0.6) is 0 Å². The van der Waals surface area contributed by atoms with Gasteiger partial charge in [0.05, 0.1) is 30.1 Å². The van der Waals surface area contributed by atoms with Crippen molar-refractivity contribution in [2.24, 2.45) is 50.2 Å². The largest absolute Gasteiger partial charge is 0.481 e. The Bertz CT molecular complexity index is 1250. The van der Waals surface area contributed by atoms with Gasteiger partial charge in [0.2, 0.25) is 0 Å². The Kier molecular flexibility index (Phi) is 7.95. The molecule has 14 atom stereocenters. The maximum absolute atomic E-state index is 12.9. The van der Waals surface area contributed by atoms with E-state index >= 15 is 0 Å². The number of carboxylic acid groups (broad SMARTS) is 2. The highest BCUT2D eigenvalue weighted by molar-refractivity contribution is 5.79. The Morgan fingerprint density at radius 2 is 1.58 bits per heavy atom. The van der Waals surface area contributed by atoms with Crippen LogP contribution in [-0.2, 0) is 19.1 Å². The molecule has 0 aromatic heterocycles. The summed E-state index contributed by atoms with van der Waals surface area (Å²) in [7, 11) is 0. The van der Waals surface area contributed by atoms with Crippen LogP contribution in [0.15, 0.2) is 11.6 Å². The first-order chi connectivity index (χ1) is 20.9. The minimum absolute atomic E-state index is 0.105. The summed E-state index contributed by atoms with van der Waals surface area (Å²) >= 11 is 0. The van der Waals surface area contributed by atoms with Crippen LogP contribution in [0.4, 0.5) is 0 Å². The first-order valence-electron chi connectivity index (χ1n) is 17.0. The van der Waals surface area contributed by atoms with Crippen LogP contribution in [0.3, 0.4) is 0 Å². The van der Waals surface area contributed by atoms with Crippen LogP contribution in [0.1, 0.15) is 98.8 Å². The highest BCUT2D eigenvalue weighted by atomic mass is 16.7. The SMILES string of the molecule is CC1(C(=O)O)CCC2(C(=O)O)CCC3(C)C(=CCC4C5(C)CCC(O[C@@H]6OC[C@@H](O)[C@H](O)[C@H]6O)C(C)(CO)C5CCC43C)C2C1. The van der Waals surface area contributed by atoms with Crippen molar-refractivity contribution in [2.45, 2.75) is 130 Å². The van der Waals surface area contributed by atoms with Crippen molar-refractivity contribution in [3.05, 3.63) is 11.6 Å². The Balaban J connectivity index is 1.33. The van der Waals surface area contributed by atoms with E-state index in [9.17, 15) is 40.2 Å². The summed E-state index contributed by atoms with van der Waals surface area (Å²) in [4.78, 5) is 25.3. The van der Waals surface area contributed by atoms with Crippen molar-refractivity contribution in [2.75, 3.05) is 13.2 Å². The maximum Gasteiger partial charge on any atom is 0.310 e. The van der Waals surface area contributed by atoms with Gasteiger partial charge in [-0.3, -0.25) is 9.59 Å². The molecule has 0 radical (unpaired) electrons. The summed E-state index contributed by atoms with van der Waals surface area (Å²) in [5.74, 6) is -1.58. The van der Waals surface area contributed by atoms with E-state index in [4.69, 9.17) is 9.47 Å². The Labute approximate surface area is 266 Å². The highest BCUT2D eigenvalue weighted by Gasteiger charge is 2.70. The van der Waals surface area contributed by atoms with Crippen molar-refractivity contribution >= 4 is 11.9 Å². The quantitative estimate of drug-likeness (QED) is 0.193. The third-order valence-electron chi connectivity index (χ3n) is 15.2. The predicted molar refractivity (Wildman–Crippen MR) is 163 cm³/mol. The van der Waals surface area contributed by atoms with Gasteiger partial charge in [0.1, 0.15) is 18.3 Å². The molecule has 254 valence electrons. The lowest BCUT2D eigenvalue weighted by molar-refractivity contribution is -0.312. The molecule has 0 aromatic rings. The molecule has 0 amide bonds. The molecular weight excluding hydrogens is 580 g/mol. The summed E-state index contributed by atoms with van der Waals surface area (Å²) < 4.78 is 11.9. The number of hydrogen-bond donors (Lipinski definition) is 6. The molecule has 5 fully saturated rings. The van der Waals surface area contributed by atoms with Gasteiger partial charge in [-0.2, -0.15) is 0 Å². The van der Waals surface area contributed by atoms with Gasteiger partial charge in [0.25, 0.3) is 0 Å². The van der Waals surface area contributed by atoms with Gasteiger partial charge in [0.15, 0.2) is 6.29 Å². The third kappa shape index (κ3) is 4.41. The maximum atomic E-state index is 12.9. The molecule has 0 spiro atoms. The van der Waals surface area contributed by atoms with Crippen LogP contribution in [0.2, 0.25) is 0 Å². The van der Waals surface area contributed by atoms with E-state index in [0.717, 1.165) is 37.7 Å². The predicted octanol–water partition coefficient (Wildman–Crippen LogP) is 3.73. The zero-order valence-electron chi connectivity index (χ0n) is 27.5. The van der Waals surface area contributed by atoms with E-state index in [1.807, 2.05) is 0 Å². The number of fused-ring (bicyclic) bond motifs is 7. The molecule has 45 heavy (non-hydrogen) atoms. The molecule has 1 saturated heterocycles. The molecule has 6 aliphatic rings. The first kappa shape index (κ1) is 33.3. The highest BCUT2D eigenvalue weighted by Crippen LogP contribution is 2.76. The second-order valence-electron chi connectivity index (χ2n) is 17.0. The van der Waals surface area contributed by atoms with Crippen LogP contribution in [-0.4, -0.2) is 86.5 Å². The summed E-state index contributed by atoms with van der Waals surface area (Å²) in [6.07, 6.45) is 3.24. The number of aliphatic hydroxyl groups is 4. The van der Waals surface area contributed by atoms with E-state index in [1.54, 1.807) is 6.92 Å². The van der Waals surface area contributed by atoms with Crippen molar-refractivity contribution in [1.29, 1.82) is 0 Å². The van der Waals surface area contributed by atoms with E-state index in [1.165, 1.54) is 0 Å². The van der Waals surface area contributed by atoms with Crippen molar-refractivity contribution in [3.63, 3.8) is 0 Å². The lowest BCUT2D eigenvalue weighted by atomic mass is 9.33. The standard InChI is InChI=1S/C35H54O10/c1-30(28(40)41)12-14-35(29(42)43)15-13-33(4)19(20(35)16-30)6-7-23-31(2)10-9-24(45-27-26(39)25(38)21(37)17-44-27)32(3,18-36)22(31)8-11-34(23,33)5/h6,20-27,36-39H,7-18H2,1-5H3,(H,40,41)(H,42,43)/t20?,21-,22?,23?,24?,25+,26-,27+,30?,31?,32?,33?,34?,35?/m1/s1. The fourth-order valence-corrected chi connectivity index (χ4v) is 11.9. The van der Waals surface area contributed by atoms with Gasteiger partial charge < -0.3 is 40.1 Å². The molecule has 4 saturated carbocycles. The summed E-state index contributed by atoms with van der Waals surface area (Å²) in [5.41, 5.74) is -1.92. The molecule has 1 heterocycles. The second kappa shape index (κ2) is 10.7. The molecule has 1 aliphatic heterocycles. The lowest BCUT2D eigenvalue weighted by Gasteiger charge is -2.71. The average molecular weight is 635 g/mol. The summed E-state index contributed by atoms with van der Waals surface area (Å²) in [6.45, 7) is 10.6. The molecule has 0 bridgehead atoms. The number of carboxylic acids is 2. The average Bonchev–Trinajstić information content (AvgIpc) is 2.98. The molecular formula is C35H54O10. The molecule has 6 N–H and O–H groups in total. The van der Waals surface area contributed by atoms with Crippen LogP contribution < -0.4 is 0 Å². The van der Waals surface area contributed by atoms with Crippen LogP contribution in [0.25, 0.3) is 0 Å². The van der Waals surface area contributed by atoms with Crippen LogP contribution in [0, 0.1) is 50.2 Å². The fraction of sp³-hybridized carbons (Fsp3) is 0.886. The minimum Gasteiger partial charge on any atom is -0.481 e. The zero-order chi connectivity index (χ0) is 33.0. The van der Waals surface area contributed by atoms with Gasteiger partial charge in [-0.1, -0.05) is 39.3 Å². The van der Waals surface area contributed by atoms with Crippen LogP contribution >= 0.6 is 0 Å². The van der Waals surface area contributed by atoms with Crippen molar-refractivity contribution in [1.82, 2.24) is 0 Å². The number of carbonyl (C=O) groups is 2. The zero-order valence-corrected chi connectivity index (χ0v) is 27.5. The normalized spacial score (nSPS) is 54.5. The van der Waals surface area contributed by atoms with Crippen molar-refractivity contribution < 1.29 is 49.7 Å². The monoisotopic (exact) mass is 634 g/mol. The number of allylic oxidation sites excluding steroid dienone is 2. The van der Waals surface area contributed by atoms with Gasteiger partial charge in [-0.15, -0.1) is 0 Å². The topological polar surface area (TPSA) is 174 Å². The lowest BCUT2D eigenvalue weighted by Crippen LogP contribution is -2.66. The molecule has 10 heteroatoms. The Morgan fingerprint density at radius 3 is 2.22 bits per heavy atom. The van der Waals surface area contributed by atoms with Gasteiger partial charge in [0, 0.05) is 5.41 Å². The van der Waals surface area contributed by atoms with Gasteiger partial charge in [-0.25, -0.2) is 0 Å². The van der Waals surface area contributed by atoms with E-state index in [-0.39, 0.29) is 47.2 Å². The Morgan fingerprint density at radius 1 is 0.889 bits per heavy atom. The fourth-order valence-electron chi connectivity index (χ4n) is 11.9. The Hall–Kier alpha value is -1.56. The number of aliphatic carboxylic acids is 2. The second-order valence-corrected chi connectivity index (χ2v) is 17.0. The molecule has 0 aromatic carbocycles. The number of rotatable bonds is 5. The molecule has 5 aliphatic carbocycles. The number of hydrogen-bond acceptors (Lipinski definition) is 8. The van der Waals surface area contributed by atoms with Gasteiger partial charge >= 0.3 is 11.9 Å². The third-order valence-corrected chi connectivity index (χ3v) is 15.2. The summed E-state index contributed by atoms with van der Waals surface area (Å²) in [6, 6.07) is 0. The van der Waals surface area contributed by atoms with E-state index in [2.05, 4.69) is 33.8 Å². The minimum atomic E-state index is -1.39. The van der Waals surface area contributed by atoms with E-state index in [0.29, 0.717) is 32.1 Å². The van der Waals surface area contributed by atoms with Gasteiger partial charge in [-0.05, 0) is 105 Å². The first-order valence-corrected chi connectivity index (χ1v) is 17.0. The number of ether oxygens (including phenoxy) is 2. The summed E-state index contributed by atoms with van der Waals surface area (Å²) in [5, 5.41) is 62.5. The van der Waals surface area contributed by atoms with E-state index < -0.39 is 58.9 Å². The van der Waals surface area contributed by atoms with Crippen molar-refractivity contribution in [3.8, 4) is 0 Å².